The third-order valence-electron chi connectivity index (χ3n) is 3.26. The molecule has 4 nitrogen and oxygen atoms in total. The molecule has 22 heavy (non-hydrogen) atoms. The van der Waals surface area contributed by atoms with Crippen LogP contribution in [0.5, 0.6) is 0 Å². The van der Waals surface area contributed by atoms with Crippen molar-refractivity contribution in [3.63, 3.8) is 0 Å². The molecule has 0 fully saturated rings. The Hall–Kier alpha value is -2.02. The van der Waals surface area contributed by atoms with Crippen LogP contribution < -0.4 is 10.6 Å². The molecule has 0 saturated carbocycles. The lowest BCUT2D eigenvalue weighted by molar-refractivity contribution is 0.237. The quantitative estimate of drug-likeness (QED) is 0.902. The predicted octanol–water partition coefficient (Wildman–Crippen LogP) is 3.60. The fourth-order valence-corrected chi connectivity index (χ4v) is 2.76. The number of nitrogens with zero attached hydrogens (tertiary/aromatic N) is 1. The smallest absolute Gasteiger partial charge is 0.315 e. The third kappa shape index (κ3) is 4.00. The van der Waals surface area contributed by atoms with E-state index < -0.39 is 17.7 Å². The second kappa shape index (κ2) is 6.83. The van der Waals surface area contributed by atoms with Crippen molar-refractivity contribution in [3.8, 4) is 0 Å². The van der Waals surface area contributed by atoms with Crippen LogP contribution in [0.15, 0.2) is 18.2 Å². The highest BCUT2D eigenvalue weighted by Gasteiger charge is 2.12. The molecule has 0 radical (unpaired) electrons. The first-order valence-electron chi connectivity index (χ1n) is 6.79. The van der Waals surface area contributed by atoms with Crippen LogP contribution in [-0.4, -0.2) is 11.0 Å². The summed E-state index contributed by atoms with van der Waals surface area (Å²) in [6.45, 7) is 5.92. The van der Waals surface area contributed by atoms with E-state index in [1.165, 1.54) is 17.4 Å². The van der Waals surface area contributed by atoms with Crippen LogP contribution in [0, 0.1) is 25.5 Å². The van der Waals surface area contributed by atoms with Gasteiger partial charge in [-0.2, -0.15) is 0 Å². The van der Waals surface area contributed by atoms with Crippen molar-refractivity contribution in [1.82, 2.24) is 15.6 Å². The number of rotatable bonds is 4. The van der Waals surface area contributed by atoms with Gasteiger partial charge in [0.05, 0.1) is 18.3 Å². The highest BCUT2D eigenvalue weighted by molar-refractivity contribution is 7.11. The number of aromatic nitrogens is 1. The molecule has 0 aliphatic heterocycles. The Labute approximate surface area is 131 Å². The molecule has 1 atom stereocenters. The second-order valence-corrected chi connectivity index (χ2v) is 6.26. The second-order valence-electron chi connectivity index (χ2n) is 4.97. The maximum absolute atomic E-state index is 13.2. The Kier molecular flexibility index (Phi) is 5.07. The van der Waals surface area contributed by atoms with E-state index in [1.54, 1.807) is 6.92 Å². The molecule has 0 aliphatic rings. The van der Waals surface area contributed by atoms with Gasteiger partial charge in [0.15, 0.2) is 11.6 Å². The van der Waals surface area contributed by atoms with E-state index >= 15 is 0 Å². The molecule has 0 saturated heterocycles. The van der Waals surface area contributed by atoms with E-state index in [4.69, 9.17) is 0 Å². The number of carbonyl (C=O) groups is 1. The highest BCUT2D eigenvalue weighted by atomic mass is 32.1. The summed E-state index contributed by atoms with van der Waals surface area (Å²) < 4.78 is 26.1. The Morgan fingerprint density at radius 2 is 2.05 bits per heavy atom. The molecule has 2 rings (SSSR count). The maximum Gasteiger partial charge on any atom is 0.315 e. The number of urea groups is 1. The number of thiazole rings is 1. The molecular formula is C15H17F2N3OS. The van der Waals surface area contributed by atoms with E-state index in [0.717, 1.165) is 27.7 Å². The van der Waals surface area contributed by atoms with Crippen LogP contribution in [0.2, 0.25) is 0 Å². The molecule has 1 aromatic heterocycles. The minimum atomic E-state index is -0.930. The number of halogens is 2. The summed E-state index contributed by atoms with van der Waals surface area (Å²) in [5.41, 5.74) is 1.45. The van der Waals surface area contributed by atoms with Crippen molar-refractivity contribution in [3.05, 3.63) is 51.0 Å². The Bertz CT molecular complexity index is 668. The fraction of sp³-hybridized carbons (Fsp3) is 0.333. The van der Waals surface area contributed by atoms with Crippen LogP contribution in [-0.2, 0) is 6.54 Å². The van der Waals surface area contributed by atoms with E-state index in [2.05, 4.69) is 15.6 Å². The van der Waals surface area contributed by atoms with E-state index in [-0.39, 0.29) is 6.03 Å². The standard InChI is InChI=1S/C15H17F2N3OS/c1-8-10(3)22-14(19-8)7-18-15(21)20-9(2)11-4-5-12(16)13(17)6-11/h4-6,9H,7H2,1-3H3,(H2,18,20,21). The normalized spacial score (nSPS) is 12.0. The minimum absolute atomic E-state index is 0.329. The molecule has 7 heteroatoms. The predicted molar refractivity (Wildman–Crippen MR) is 81.7 cm³/mol. The summed E-state index contributed by atoms with van der Waals surface area (Å²) in [4.78, 5) is 17.3. The maximum atomic E-state index is 13.2. The summed E-state index contributed by atoms with van der Waals surface area (Å²) in [6.07, 6.45) is 0. The van der Waals surface area contributed by atoms with Crippen LogP contribution in [0.25, 0.3) is 0 Å². The summed E-state index contributed by atoms with van der Waals surface area (Å²) in [6, 6.07) is 2.74. The number of benzene rings is 1. The SMILES string of the molecule is Cc1nc(CNC(=O)NC(C)c2ccc(F)c(F)c2)sc1C. The van der Waals surface area contributed by atoms with Crippen LogP contribution in [0.3, 0.4) is 0 Å². The van der Waals surface area contributed by atoms with Gasteiger partial charge in [0.2, 0.25) is 0 Å². The van der Waals surface area contributed by atoms with Crippen LogP contribution >= 0.6 is 11.3 Å². The van der Waals surface area contributed by atoms with Crippen LogP contribution in [0.4, 0.5) is 13.6 Å². The number of carbonyl (C=O) groups excluding carboxylic acids is 1. The lowest BCUT2D eigenvalue weighted by Gasteiger charge is -2.15. The van der Waals surface area contributed by atoms with Gasteiger partial charge < -0.3 is 10.6 Å². The Balaban J connectivity index is 1.89. The van der Waals surface area contributed by atoms with Crippen molar-refractivity contribution in [2.24, 2.45) is 0 Å². The van der Waals surface area contributed by atoms with Crippen molar-refractivity contribution in [2.45, 2.75) is 33.4 Å². The number of aryl methyl sites for hydroxylation is 2. The number of hydrogen-bond acceptors (Lipinski definition) is 3. The molecule has 1 unspecified atom stereocenters. The first-order chi connectivity index (χ1) is 10.4. The van der Waals surface area contributed by atoms with Gasteiger partial charge in [-0.15, -0.1) is 11.3 Å². The molecular weight excluding hydrogens is 308 g/mol. The third-order valence-corrected chi connectivity index (χ3v) is 4.34. The summed E-state index contributed by atoms with van der Waals surface area (Å²) >= 11 is 1.53. The lowest BCUT2D eigenvalue weighted by atomic mass is 10.1. The van der Waals surface area contributed by atoms with Gasteiger partial charge in [0.25, 0.3) is 0 Å². The number of hydrogen-bond donors (Lipinski definition) is 2. The number of amides is 2. The zero-order valence-corrected chi connectivity index (χ0v) is 13.4. The Morgan fingerprint density at radius 3 is 2.64 bits per heavy atom. The van der Waals surface area contributed by atoms with E-state index in [9.17, 15) is 13.6 Å². The average molecular weight is 325 g/mol. The monoisotopic (exact) mass is 325 g/mol. The minimum Gasteiger partial charge on any atom is -0.332 e. The molecule has 0 bridgehead atoms. The summed E-state index contributed by atoms with van der Waals surface area (Å²) in [5, 5.41) is 6.19. The van der Waals surface area contributed by atoms with Crippen molar-refractivity contribution in [1.29, 1.82) is 0 Å². The van der Waals surface area contributed by atoms with Gasteiger partial charge in [-0.25, -0.2) is 18.6 Å². The first-order valence-corrected chi connectivity index (χ1v) is 7.60. The van der Waals surface area contributed by atoms with Gasteiger partial charge in [0, 0.05) is 4.88 Å². The lowest BCUT2D eigenvalue weighted by Crippen LogP contribution is -2.36. The van der Waals surface area contributed by atoms with Gasteiger partial charge in [0.1, 0.15) is 5.01 Å². The average Bonchev–Trinajstić information content (AvgIpc) is 2.78. The topological polar surface area (TPSA) is 54.0 Å². The van der Waals surface area contributed by atoms with Gasteiger partial charge >= 0.3 is 6.03 Å². The zero-order valence-electron chi connectivity index (χ0n) is 12.5. The molecule has 118 valence electrons. The summed E-state index contributed by atoms with van der Waals surface area (Å²) in [7, 11) is 0. The highest BCUT2D eigenvalue weighted by Crippen LogP contribution is 2.17. The van der Waals surface area contributed by atoms with Crippen LogP contribution in [0.1, 0.15) is 34.1 Å². The fourth-order valence-electron chi connectivity index (χ4n) is 1.88. The molecule has 2 aromatic rings. The van der Waals surface area contributed by atoms with Crippen molar-refractivity contribution >= 4 is 17.4 Å². The molecule has 2 amide bonds. The molecule has 0 aliphatic carbocycles. The molecule has 1 aromatic carbocycles. The van der Waals surface area contributed by atoms with Gasteiger partial charge in [-0.3, -0.25) is 0 Å². The Morgan fingerprint density at radius 1 is 1.32 bits per heavy atom. The molecule has 2 N–H and O–H groups in total. The zero-order chi connectivity index (χ0) is 16.3. The van der Waals surface area contributed by atoms with E-state index in [0.29, 0.717) is 12.1 Å². The molecule has 0 spiro atoms. The van der Waals surface area contributed by atoms with Crippen molar-refractivity contribution < 1.29 is 13.6 Å². The van der Waals surface area contributed by atoms with E-state index in [1.807, 2.05) is 13.8 Å². The van der Waals surface area contributed by atoms with Crippen molar-refractivity contribution in [2.75, 3.05) is 0 Å². The van der Waals surface area contributed by atoms with Gasteiger partial charge in [-0.1, -0.05) is 6.07 Å². The number of nitrogens with one attached hydrogen (secondary N) is 2. The first kappa shape index (κ1) is 16.4. The largest absolute Gasteiger partial charge is 0.332 e. The van der Waals surface area contributed by atoms with Gasteiger partial charge in [-0.05, 0) is 38.5 Å². The molecule has 1 heterocycles. The summed E-state index contributed by atoms with van der Waals surface area (Å²) in [5.74, 6) is -1.84.